The van der Waals surface area contributed by atoms with Gasteiger partial charge in [-0.1, -0.05) is 34.8 Å². The molecule has 228 valence electrons. The van der Waals surface area contributed by atoms with Gasteiger partial charge < -0.3 is 19.3 Å². The Morgan fingerprint density at radius 2 is 1.10 bits per heavy atom. The van der Waals surface area contributed by atoms with Gasteiger partial charge in [0.1, 0.15) is 13.2 Å². The van der Waals surface area contributed by atoms with Crippen molar-refractivity contribution in [2.45, 2.75) is 0 Å². The number of amides is 2. The minimum atomic E-state index is -4.19. The predicted octanol–water partition coefficient (Wildman–Crippen LogP) is 4.97. The number of carbonyl (C=O) groups excluding carboxylic acids is 2. The van der Waals surface area contributed by atoms with Gasteiger partial charge in [0.25, 0.3) is 0 Å². The van der Waals surface area contributed by atoms with Crippen LogP contribution < -0.4 is 20.4 Å². The topological polar surface area (TPSA) is 151 Å². The van der Waals surface area contributed by atoms with Crippen molar-refractivity contribution in [1.29, 1.82) is 0 Å². The van der Waals surface area contributed by atoms with Crippen molar-refractivity contribution in [1.82, 2.24) is 0 Å². The first-order valence-electron chi connectivity index (χ1n) is 11.5. The summed E-state index contributed by atoms with van der Waals surface area (Å²) in [5, 5.41) is 4.06. The van der Waals surface area contributed by atoms with E-state index in [4.69, 9.17) is 44.3 Å². The van der Waals surface area contributed by atoms with Crippen molar-refractivity contribution in [3.05, 3.63) is 42.9 Å². The van der Waals surface area contributed by atoms with Gasteiger partial charge in [0.2, 0.25) is 0 Å². The second-order valence-electron chi connectivity index (χ2n) is 8.89. The minimum absolute atomic E-state index is 0.0703. The molecule has 0 saturated heterocycles. The Morgan fingerprint density at radius 1 is 0.732 bits per heavy atom. The largest absolute Gasteiger partial charge is 0.448 e. The molecule has 0 fully saturated rings. The molecule has 0 unspecified atom stereocenters. The highest BCUT2D eigenvalue weighted by Gasteiger charge is 2.24. The van der Waals surface area contributed by atoms with Gasteiger partial charge in [-0.05, 0) is 46.9 Å². The van der Waals surface area contributed by atoms with Crippen LogP contribution in [0.2, 0.25) is 15.1 Å². The standard InChI is InChI=1S/C23H28Cl3IN4O8S2/c1-30(2)14-9-16(24)20(17(25)10-14)28-22(32)38-5-7-40(34,35)13-41(36,37)8-6-39-23(33)29-21-18(26)11-15(31(3)4)12-19(21)27/h9-12H,5-8,13H2,1-4H3,(H,28,32)(H,29,33). The molecule has 2 N–H and O–H groups in total. The van der Waals surface area contributed by atoms with Crippen LogP contribution in [0.5, 0.6) is 0 Å². The molecule has 0 saturated carbocycles. The van der Waals surface area contributed by atoms with Gasteiger partial charge in [0, 0.05) is 43.1 Å². The van der Waals surface area contributed by atoms with E-state index in [-0.39, 0.29) is 26.4 Å². The summed E-state index contributed by atoms with van der Waals surface area (Å²) in [7, 11) is -1.17. The summed E-state index contributed by atoms with van der Waals surface area (Å²) >= 11 is 20.5. The summed E-state index contributed by atoms with van der Waals surface area (Å²) in [6.07, 6.45) is -1.99. The van der Waals surface area contributed by atoms with E-state index < -0.39 is 61.7 Å². The van der Waals surface area contributed by atoms with Crippen LogP contribution in [0.15, 0.2) is 24.3 Å². The van der Waals surface area contributed by atoms with Gasteiger partial charge in [0.05, 0.1) is 37.9 Å². The highest BCUT2D eigenvalue weighted by molar-refractivity contribution is 14.1. The van der Waals surface area contributed by atoms with E-state index in [9.17, 15) is 26.4 Å². The maximum absolute atomic E-state index is 12.3. The molecule has 0 radical (unpaired) electrons. The van der Waals surface area contributed by atoms with Gasteiger partial charge >= 0.3 is 12.2 Å². The number of nitrogens with zero attached hydrogens (tertiary/aromatic N) is 2. The molecule has 0 aliphatic rings. The third-order valence-electron chi connectivity index (χ3n) is 5.15. The highest BCUT2D eigenvalue weighted by Crippen LogP contribution is 2.35. The summed E-state index contributed by atoms with van der Waals surface area (Å²) in [6, 6.07) is 6.53. The molecule has 0 heterocycles. The summed E-state index contributed by atoms with van der Waals surface area (Å²) in [5.41, 5.74) is 1.85. The average Bonchev–Trinajstić information content (AvgIpc) is 2.82. The third kappa shape index (κ3) is 11.4. The molecule has 0 spiro atoms. The van der Waals surface area contributed by atoms with Crippen molar-refractivity contribution in [3.8, 4) is 0 Å². The smallest absolute Gasteiger partial charge is 0.411 e. The molecule has 18 heteroatoms. The number of benzene rings is 2. The van der Waals surface area contributed by atoms with Crippen molar-refractivity contribution >= 4 is 112 Å². The van der Waals surface area contributed by atoms with E-state index in [2.05, 4.69) is 10.6 Å². The molecule has 2 amide bonds. The lowest BCUT2D eigenvalue weighted by Crippen LogP contribution is -2.27. The summed E-state index contributed by atoms with van der Waals surface area (Å²) < 4.78 is 59.6. The van der Waals surface area contributed by atoms with Crippen LogP contribution in [0.25, 0.3) is 0 Å². The molecule has 0 aromatic heterocycles. The SMILES string of the molecule is CN(C)c1cc(Cl)c(NC(=O)OCCS(=O)(=O)CS(=O)(=O)CCOC(=O)Nc2c(Cl)cc(N(C)C)cc2I)c(Cl)c1. The number of hydrogen-bond acceptors (Lipinski definition) is 10. The van der Waals surface area contributed by atoms with Crippen molar-refractivity contribution in [2.75, 3.05) is 78.4 Å². The first-order valence-corrected chi connectivity index (χ1v) is 17.4. The molecule has 0 aliphatic carbocycles. The number of hydrogen-bond donors (Lipinski definition) is 2. The van der Waals surface area contributed by atoms with Gasteiger partial charge in [0.15, 0.2) is 24.8 Å². The van der Waals surface area contributed by atoms with Gasteiger partial charge in [-0.3, -0.25) is 10.6 Å². The lowest BCUT2D eigenvalue weighted by atomic mass is 10.2. The van der Waals surface area contributed by atoms with E-state index in [1.165, 1.54) is 0 Å². The van der Waals surface area contributed by atoms with Gasteiger partial charge in [-0.25, -0.2) is 26.4 Å². The quantitative estimate of drug-likeness (QED) is 0.283. The first kappa shape index (κ1) is 35.3. The Morgan fingerprint density at radius 3 is 1.49 bits per heavy atom. The minimum Gasteiger partial charge on any atom is -0.448 e. The van der Waals surface area contributed by atoms with E-state index in [0.717, 1.165) is 5.69 Å². The molecule has 2 aromatic rings. The van der Waals surface area contributed by atoms with Gasteiger partial charge in [-0.2, -0.15) is 0 Å². The zero-order chi connectivity index (χ0) is 31.1. The summed E-state index contributed by atoms with van der Waals surface area (Å²) in [6.45, 7) is -1.22. The second kappa shape index (κ2) is 15.0. The molecule has 0 bridgehead atoms. The van der Waals surface area contributed by atoms with Crippen LogP contribution >= 0.6 is 57.4 Å². The van der Waals surface area contributed by atoms with E-state index >= 15 is 0 Å². The van der Waals surface area contributed by atoms with Crippen LogP contribution in [0.3, 0.4) is 0 Å². The van der Waals surface area contributed by atoms with Crippen LogP contribution in [0, 0.1) is 3.57 Å². The first-order chi connectivity index (χ1) is 18.9. The fraction of sp³-hybridized carbons (Fsp3) is 0.391. The number of ether oxygens (including phenoxy) is 2. The zero-order valence-electron chi connectivity index (χ0n) is 22.3. The normalized spacial score (nSPS) is 11.5. The maximum atomic E-state index is 12.3. The van der Waals surface area contributed by atoms with Crippen LogP contribution in [0.1, 0.15) is 0 Å². The summed E-state index contributed by atoms with van der Waals surface area (Å²) in [4.78, 5) is 27.8. The molecule has 2 aromatic carbocycles. The lowest BCUT2D eigenvalue weighted by Gasteiger charge is -2.16. The van der Waals surface area contributed by atoms with E-state index in [1.54, 1.807) is 43.3 Å². The highest BCUT2D eigenvalue weighted by atomic mass is 127. The third-order valence-corrected chi connectivity index (χ3v) is 11.4. The van der Waals surface area contributed by atoms with E-state index in [1.807, 2.05) is 41.6 Å². The van der Waals surface area contributed by atoms with Crippen molar-refractivity contribution in [3.63, 3.8) is 0 Å². The zero-order valence-corrected chi connectivity index (χ0v) is 28.4. The van der Waals surface area contributed by atoms with Gasteiger partial charge in [-0.15, -0.1) is 0 Å². The Balaban J connectivity index is 1.82. The number of sulfone groups is 2. The Bertz CT molecular complexity index is 1350. The second-order valence-corrected chi connectivity index (χ2v) is 16.0. The fourth-order valence-corrected chi connectivity index (χ4v) is 8.61. The Labute approximate surface area is 267 Å². The number of halogens is 4. The lowest BCUT2D eigenvalue weighted by molar-refractivity contribution is 0.167. The maximum Gasteiger partial charge on any atom is 0.411 e. The fourth-order valence-electron chi connectivity index (χ4n) is 3.07. The Hall–Kier alpha value is -1.92. The molecule has 2 rings (SSSR count). The predicted molar refractivity (Wildman–Crippen MR) is 172 cm³/mol. The molecule has 0 atom stereocenters. The number of nitrogens with one attached hydrogen (secondary N) is 2. The average molecular weight is 786 g/mol. The molecule has 12 nitrogen and oxygen atoms in total. The summed E-state index contributed by atoms with van der Waals surface area (Å²) in [5.74, 6) is -1.51. The molecular weight excluding hydrogens is 758 g/mol. The number of anilines is 4. The molecule has 41 heavy (non-hydrogen) atoms. The van der Waals surface area contributed by atoms with E-state index in [0.29, 0.717) is 9.26 Å². The van der Waals surface area contributed by atoms with Crippen LogP contribution in [0.4, 0.5) is 32.3 Å². The Kier molecular flexibility index (Phi) is 12.9. The monoisotopic (exact) mass is 784 g/mol. The number of carbonyl (C=O) groups is 2. The number of rotatable bonds is 12. The van der Waals surface area contributed by atoms with Crippen LogP contribution in [-0.2, 0) is 29.1 Å². The van der Waals surface area contributed by atoms with Crippen LogP contribution in [-0.4, -0.2) is 87.0 Å². The molecular formula is C23H28Cl3IN4O8S2. The molecule has 0 aliphatic heterocycles. The van der Waals surface area contributed by atoms with Crippen molar-refractivity contribution < 1.29 is 35.9 Å². The van der Waals surface area contributed by atoms with Crippen molar-refractivity contribution in [2.24, 2.45) is 0 Å².